The van der Waals surface area contributed by atoms with E-state index in [1.54, 1.807) is 6.07 Å². The van der Waals surface area contributed by atoms with E-state index in [1.165, 1.54) is 6.07 Å². The molecule has 19 heavy (non-hydrogen) atoms. The molecule has 3 nitrogen and oxygen atoms in total. The smallest absolute Gasteiger partial charge is 0.169 e. The lowest BCUT2D eigenvalue weighted by molar-refractivity contribution is 0.116. The van der Waals surface area contributed by atoms with Crippen molar-refractivity contribution in [1.82, 2.24) is 5.32 Å². The molecule has 0 spiro atoms. The van der Waals surface area contributed by atoms with Crippen LogP contribution in [0.3, 0.4) is 0 Å². The first-order chi connectivity index (χ1) is 9.26. The van der Waals surface area contributed by atoms with Crippen molar-refractivity contribution in [3.05, 3.63) is 35.8 Å². The van der Waals surface area contributed by atoms with Gasteiger partial charge in [-0.15, -0.1) is 0 Å². The first-order valence-corrected chi connectivity index (χ1v) is 6.75. The summed E-state index contributed by atoms with van der Waals surface area (Å²) in [7, 11) is 0. The first-order valence-electron chi connectivity index (χ1n) is 6.75. The van der Waals surface area contributed by atoms with E-state index in [9.17, 15) is 4.39 Å². The van der Waals surface area contributed by atoms with Crippen LogP contribution in [-0.4, -0.2) is 19.8 Å². The number of fused-ring (bicyclic) bond motifs is 1. The van der Waals surface area contributed by atoms with Gasteiger partial charge in [-0.3, -0.25) is 0 Å². The molecule has 0 saturated heterocycles. The number of para-hydroxylation sites is 1. The van der Waals surface area contributed by atoms with Gasteiger partial charge in [-0.05, 0) is 32.0 Å². The van der Waals surface area contributed by atoms with Gasteiger partial charge in [0.1, 0.15) is 5.76 Å². The third-order valence-electron chi connectivity index (χ3n) is 2.99. The van der Waals surface area contributed by atoms with E-state index < -0.39 is 0 Å². The summed E-state index contributed by atoms with van der Waals surface area (Å²) in [5.41, 5.74) is 0.317. The Bertz CT molecular complexity index is 516. The van der Waals surface area contributed by atoms with E-state index in [0.717, 1.165) is 24.1 Å². The molecule has 0 aliphatic carbocycles. The lowest BCUT2D eigenvalue weighted by atomic mass is 10.2. The average molecular weight is 265 g/mol. The summed E-state index contributed by atoms with van der Waals surface area (Å²) < 4.78 is 24.7. The molecule has 0 bridgehead atoms. The summed E-state index contributed by atoms with van der Waals surface area (Å²) in [6.45, 7) is 6.10. The molecular formula is C15H20FNO2. The van der Waals surface area contributed by atoms with Crippen molar-refractivity contribution in [3.8, 4) is 0 Å². The van der Waals surface area contributed by atoms with Gasteiger partial charge in [-0.25, -0.2) is 4.39 Å². The molecule has 2 aromatic rings. The maximum Gasteiger partial charge on any atom is 0.169 e. The zero-order chi connectivity index (χ0) is 13.7. The molecule has 0 aliphatic heterocycles. The molecule has 0 fully saturated rings. The second-order valence-corrected chi connectivity index (χ2v) is 4.47. The minimum Gasteiger partial charge on any atom is -0.456 e. The van der Waals surface area contributed by atoms with Crippen LogP contribution in [0.5, 0.6) is 0 Å². The molecule has 0 radical (unpaired) electrons. The molecule has 1 N–H and O–H groups in total. The Morgan fingerprint density at radius 3 is 2.89 bits per heavy atom. The van der Waals surface area contributed by atoms with Crippen molar-refractivity contribution in [1.29, 1.82) is 0 Å². The molecule has 104 valence electrons. The van der Waals surface area contributed by atoms with Crippen LogP contribution in [0.2, 0.25) is 0 Å². The summed E-state index contributed by atoms with van der Waals surface area (Å²) in [5.74, 6) is 0.399. The van der Waals surface area contributed by atoms with E-state index in [4.69, 9.17) is 9.15 Å². The maximum absolute atomic E-state index is 13.6. The Kier molecular flexibility index (Phi) is 4.93. The molecule has 1 atom stereocenters. The third-order valence-corrected chi connectivity index (χ3v) is 2.99. The fourth-order valence-corrected chi connectivity index (χ4v) is 2.02. The molecule has 1 heterocycles. The third kappa shape index (κ3) is 3.33. The highest BCUT2D eigenvalue weighted by molar-refractivity contribution is 5.78. The maximum atomic E-state index is 13.6. The highest BCUT2D eigenvalue weighted by atomic mass is 19.1. The van der Waals surface area contributed by atoms with E-state index >= 15 is 0 Å². The van der Waals surface area contributed by atoms with Crippen LogP contribution in [0.4, 0.5) is 4.39 Å². The van der Waals surface area contributed by atoms with Crippen LogP contribution in [0.15, 0.2) is 28.7 Å². The minimum absolute atomic E-state index is 0.0355. The number of ether oxygens (including phenoxy) is 1. The van der Waals surface area contributed by atoms with E-state index in [-0.39, 0.29) is 11.9 Å². The standard InChI is InChI=1S/C15H20FNO2/c1-3-8-17-13(10-18-4-2)14-9-11-6-5-7-12(16)15(11)19-14/h5-7,9,13,17H,3-4,8,10H2,1-2H3. The van der Waals surface area contributed by atoms with Gasteiger partial charge in [0.25, 0.3) is 0 Å². The van der Waals surface area contributed by atoms with Gasteiger partial charge in [0, 0.05) is 12.0 Å². The molecule has 0 aliphatic rings. The van der Waals surface area contributed by atoms with Gasteiger partial charge in [0.2, 0.25) is 0 Å². The van der Waals surface area contributed by atoms with Gasteiger partial charge >= 0.3 is 0 Å². The van der Waals surface area contributed by atoms with Crippen molar-refractivity contribution in [2.75, 3.05) is 19.8 Å². The summed E-state index contributed by atoms with van der Waals surface area (Å²) >= 11 is 0. The second-order valence-electron chi connectivity index (χ2n) is 4.47. The molecule has 1 aromatic carbocycles. The largest absolute Gasteiger partial charge is 0.456 e. The molecular weight excluding hydrogens is 245 g/mol. The Balaban J connectivity index is 2.24. The highest BCUT2D eigenvalue weighted by Gasteiger charge is 2.17. The molecule has 1 unspecified atom stereocenters. The average Bonchev–Trinajstić information content (AvgIpc) is 2.84. The van der Waals surface area contributed by atoms with Crippen LogP contribution in [0.1, 0.15) is 32.1 Å². The number of halogens is 1. The molecule has 0 saturated carbocycles. The predicted molar refractivity (Wildman–Crippen MR) is 73.7 cm³/mol. The van der Waals surface area contributed by atoms with Crippen LogP contribution >= 0.6 is 0 Å². The topological polar surface area (TPSA) is 34.4 Å². The van der Waals surface area contributed by atoms with Crippen LogP contribution < -0.4 is 5.32 Å². The Labute approximate surface area is 112 Å². The zero-order valence-electron chi connectivity index (χ0n) is 11.4. The monoisotopic (exact) mass is 265 g/mol. The van der Waals surface area contributed by atoms with Crippen LogP contribution in [0, 0.1) is 5.82 Å². The van der Waals surface area contributed by atoms with Gasteiger partial charge in [0.15, 0.2) is 11.4 Å². The number of hydrogen-bond acceptors (Lipinski definition) is 3. The minimum atomic E-state index is -0.325. The lowest BCUT2D eigenvalue weighted by Crippen LogP contribution is -2.26. The normalized spacial score (nSPS) is 13.0. The van der Waals surface area contributed by atoms with Crippen LogP contribution in [0.25, 0.3) is 11.0 Å². The summed E-state index contributed by atoms with van der Waals surface area (Å²) in [5, 5.41) is 4.15. The van der Waals surface area contributed by atoms with Crippen molar-refractivity contribution in [3.63, 3.8) is 0 Å². The van der Waals surface area contributed by atoms with Crippen molar-refractivity contribution >= 4 is 11.0 Å². The van der Waals surface area contributed by atoms with Gasteiger partial charge in [-0.1, -0.05) is 19.1 Å². The number of hydrogen-bond donors (Lipinski definition) is 1. The number of nitrogens with one attached hydrogen (secondary N) is 1. The van der Waals surface area contributed by atoms with Crippen LogP contribution in [-0.2, 0) is 4.74 Å². The van der Waals surface area contributed by atoms with Gasteiger partial charge in [0.05, 0.1) is 12.6 Å². The Morgan fingerprint density at radius 1 is 1.37 bits per heavy atom. The van der Waals surface area contributed by atoms with Crippen molar-refractivity contribution in [2.45, 2.75) is 26.3 Å². The summed E-state index contributed by atoms with van der Waals surface area (Å²) in [6.07, 6.45) is 1.03. The summed E-state index contributed by atoms with van der Waals surface area (Å²) in [4.78, 5) is 0. The fourth-order valence-electron chi connectivity index (χ4n) is 2.02. The number of rotatable bonds is 7. The van der Waals surface area contributed by atoms with E-state index in [1.807, 2.05) is 19.1 Å². The van der Waals surface area contributed by atoms with Crippen molar-refractivity contribution < 1.29 is 13.5 Å². The molecule has 1 aromatic heterocycles. The number of furan rings is 1. The zero-order valence-corrected chi connectivity index (χ0v) is 11.4. The quantitative estimate of drug-likeness (QED) is 0.829. The van der Waals surface area contributed by atoms with Gasteiger partial charge in [-0.2, -0.15) is 0 Å². The van der Waals surface area contributed by atoms with E-state index in [0.29, 0.717) is 18.8 Å². The molecule has 4 heteroatoms. The van der Waals surface area contributed by atoms with E-state index in [2.05, 4.69) is 12.2 Å². The Morgan fingerprint density at radius 2 is 2.21 bits per heavy atom. The molecule has 0 amide bonds. The number of benzene rings is 1. The fraction of sp³-hybridized carbons (Fsp3) is 0.467. The molecule has 2 rings (SSSR count). The second kappa shape index (κ2) is 6.68. The highest BCUT2D eigenvalue weighted by Crippen LogP contribution is 2.26. The first kappa shape index (κ1) is 14.0. The lowest BCUT2D eigenvalue weighted by Gasteiger charge is -2.15. The summed E-state index contributed by atoms with van der Waals surface area (Å²) in [6, 6.07) is 6.79. The predicted octanol–water partition coefficient (Wildman–Crippen LogP) is 3.65. The SMILES string of the molecule is CCCNC(COCC)c1cc2cccc(F)c2o1. The van der Waals surface area contributed by atoms with Crippen molar-refractivity contribution in [2.24, 2.45) is 0 Å². The Hall–Kier alpha value is -1.39. The van der Waals surface area contributed by atoms with Gasteiger partial charge < -0.3 is 14.5 Å².